The van der Waals surface area contributed by atoms with E-state index in [0.29, 0.717) is 65.0 Å². The SMILES string of the molecule is Cc1cc(OCCCc2c3n(c4c(-c5c(C)nc(COS(C)(=O)=O)nc5C)c(Cl)ccc24)C(C)CN(c2cn(C)c4ccc(-c5ncn(C)n5)cc24)C3=O)cc(C)c1Cl. The smallest absolute Gasteiger partial charge is 0.275 e. The minimum Gasteiger partial charge on any atom is -0.494 e. The number of ether oxygens (including phenoxy) is 1. The minimum atomic E-state index is -3.71. The molecule has 0 radical (unpaired) electrons. The summed E-state index contributed by atoms with van der Waals surface area (Å²) in [4.78, 5) is 31.0. The van der Waals surface area contributed by atoms with E-state index in [1.54, 1.807) is 11.0 Å². The molecule has 306 valence electrons. The fourth-order valence-corrected chi connectivity index (χ4v) is 9.05. The molecule has 5 heterocycles. The van der Waals surface area contributed by atoms with Crippen molar-refractivity contribution in [2.24, 2.45) is 14.1 Å². The highest BCUT2D eigenvalue weighted by Gasteiger charge is 2.37. The van der Waals surface area contributed by atoms with Crippen LogP contribution in [-0.2, 0) is 41.4 Å². The van der Waals surface area contributed by atoms with E-state index in [-0.39, 0.29) is 24.4 Å². The highest BCUT2D eigenvalue weighted by Crippen LogP contribution is 2.45. The summed E-state index contributed by atoms with van der Waals surface area (Å²) >= 11 is 13.6. The molecule has 8 rings (SSSR count). The van der Waals surface area contributed by atoms with Gasteiger partial charge in [-0.15, -0.1) is 0 Å². The Morgan fingerprint density at radius 3 is 2.31 bits per heavy atom. The van der Waals surface area contributed by atoms with Gasteiger partial charge in [0.25, 0.3) is 16.0 Å². The summed E-state index contributed by atoms with van der Waals surface area (Å²) in [6, 6.07) is 13.6. The van der Waals surface area contributed by atoms with Crippen LogP contribution >= 0.6 is 23.2 Å². The zero-order chi connectivity index (χ0) is 42.1. The van der Waals surface area contributed by atoms with Gasteiger partial charge in [-0.25, -0.2) is 15.0 Å². The number of aryl methyl sites for hydroxylation is 7. The number of nitrogens with zero attached hydrogens (tertiary/aromatic N) is 8. The van der Waals surface area contributed by atoms with Crippen molar-refractivity contribution in [3.05, 3.63) is 105 Å². The topological polar surface area (TPSA) is 139 Å². The van der Waals surface area contributed by atoms with Crippen LogP contribution in [0.1, 0.15) is 63.8 Å². The largest absolute Gasteiger partial charge is 0.494 e. The Labute approximate surface area is 352 Å². The number of anilines is 1. The molecule has 13 nitrogen and oxygen atoms in total. The Kier molecular flexibility index (Phi) is 10.6. The van der Waals surface area contributed by atoms with Gasteiger partial charge in [0.15, 0.2) is 11.6 Å². The summed E-state index contributed by atoms with van der Waals surface area (Å²) in [5.41, 5.74) is 9.40. The van der Waals surface area contributed by atoms with Gasteiger partial charge in [0.05, 0.1) is 29.1 Å². The molecule has 1 atom stereocenters. The second kappa shape index (κ2) is 15.4. The molecule has 3 aromatic carbocycles. The van der Waals surface area contributed by atoms with Crippen LogP contribution in [0.4, 0.5) is 5.69 Å². The van der Waals surface area contributed by atoms with Gasteiger partial charge in [0, 0.05) is 82.3 Å². The number of hydrogen-bond acceptors (Lipinski definition) is 9. The van der Waals surface area contributed by atoms with Crippen molar-refractivity contribution in [1.82, 2.24) is 33.9 Å². The van der Waals surface area contributed by atoms with Gasteiger partial charge in [-0.1, -0.05) is 29.3 Å². The van der Waals surface area contributed by atoms with Crippen molar-refractivity contribution < 1.29 is 22.1 Å². The molecule has 0 saturated heterocycles. The number of carbonyl (C=O) groups excluding carboxylic acids is 1. The van der Waals surface area contributed by atoms with Crippen molar-refractivity contribution >= 4 is 66.7 Å². The number of rotatable bonds is 11. The Morgan fingerprint density at radius 2 is 1.64 bits per heavy atom. The normalized spacial score (nSPS) is 14.5. The molecule has 59 heavy (non-hydrogen) atoms. The Morgan fingerprint density at radius 1 is 0.932 bits per heavy atom. The van der Waals surface area contributed by atoms with E-state index in [4.69, 9.17) is 32.1 Å². The maximum atomic E-state index is 15.3. The lowest BCUT2D eigenvalue weighted by Crippen LogP contribution is -2.42. The molecule has 1 unspecified atom stereocenters. The molecule has 0 saturated carbocycles. The van der Waals surface area contributed by atoms with Crippen molar-refractivity contribution in [1.29, 1.82) is 0 Å². The first-order valence-electron chi connectivity index (χ1n) is 19.2. The molecule has 0 N–H and O–H groups in total. The summed E-state index contributed by atoms with van der Waals surface area (Å²) in [6.07, 6.45) is 5.83. The molecule has 0 fully saturated rings. The van der Waals surface area contributed by atoms with E-state index in [1.165, 1.54) is 0 Å². The summed E-state index contributed by atoms with van der Waals surface area (Å²) in [6.45, 7) is 10.2. The van der Waals surface area contributed by atoms with E-state index in [9.17, 15) is 8.42 Å². The van der Waals surface area contributed by atoms with Crippen LogP contribution in [0.5, 0.6) is 5.75 Å². The van der Waals surface area contributed by atoms with Gasteiger partial charge in [0.2, 0.25) is 0 Å². The van der Waals surface area contributed by atoms with Crippen LogP contribution in [0.15, 0.2) is 55.0 Å². The van der Waals surface area contributed by atoms with E-state index in [1.807, 2.05) is 93.9 Å². The van der Waals surface area contributed by atoms with E-state index in [2.05, 4.69) is 37.6 Å². The van der Waals surface area contributed by atoms with Gasteiger partial charge >= 0.3 is 0 Å². The fraction of sp³-hybridized carbons (Fsp3) is 0.326. The highest BCUT2D eigenvalue weighted by atomic mass is 35.5. The molecule has 0 spiro atoms. The average molecular weight is 856 g/mol. The predicted octanol–water partition coefficient (Wildman–Crippen LogP) is 8.64. The molecule has 16 heteroatoms. The monoisotopic (exact) mass is 854 g/mol. The Balaban J connectivity index is 1.26. The fourth-order valence-electron chi connectivity index (χ4n) is 8.37. The third-order valence-electron chi connectivity index (χ3n) is 10.9. The number of carbonyl (C=O) groups is 1. The van der Waals surface area contributed by atoms with Crippen LogP contribution < -0.4 is 9.64 Å². The molecule has 4 aromatic heterocycles. The number of halogens is 2. The zero-order valence-electron chi connectivity index (χ0n) is 34.1. The average Bonchev–Trinajstić information content (AvgIpc) is 3.86. The first-order valence-corrected chi connectivity index (χ1v) is 21.8. The predicted molar refractivity (Wildman–Crippen MR) is 231 cm³/mol. The lowest BCUT2D eigenvalue weighted by atomic mass is 9.97. The second-order valence-corrected chi connectivity index (χ2v) is 17.8. The van der Waals surface area contributed by atoms with Crippen molar-refractivity contribution in [3.8, 4) is 28.3 Å². The number of benzene rings is 3. The van der Waals surface area contributed by atoms with Crippen LogP contribution in [-0.4, -0.2) is 67.6 Å². The van der Waals surface area contributed by atoms with Gasteiger partial charge in [0.1, 0.15) is 24.4 Å². The lowest BCUT2D eigenvalue weighted by molar-refractivity contribution is 0.0957. The van der Waals surface area contributed by atoms with Gasteiger partial charge in [-0.2, -0.15) is 13.5 Å². The van der Waals surface area contributed by atoms with Crippen LogP contribution in [0, 0.1) is 27.7 Å². The summed E-state index contributed by atoms with van der Waals surface area (Å²) in [5, 5.41) is 7.53. The number of fused-ring (bicyclic) bond motifs is 4. The zero-order valence-corrected chi connectivity index (χ0v) is 36.4. The first kappa shape index (κ1) is 40.5. The van der Waals surface area contributed by atoms with Crippen LogP contribution in [0.2, 0.25) is 10.0 Å². The number of hydrogen-bond donors (Lipinski definition) is 0. The van der Waals surface area contributed by atoms with Crippen molar-refractivity contribution in [3.63, 3.8) is 0 Å². The minimum absolute atomic E-state index is 0.131. The maximum Gasteiger partial charge on any atom is 0.275 e. The Bertz CT molecular complexity index is 2910. The third kappa shape index (κ3) is 7.47. The molecule has 0 aliphatic carbocycles. The van der Waals surface area contributed by atoms with Crippen LogP contribution in [0.3, 0.4) is 0 Å². The van der Waals surface area contributed by atoms with Gasteiger partial charge in [-0.3, -0.25) is 13.7 Å². The molecular formula is C43H44Cl2N8O5S. The van der Waals surface area contributed by atoms with Gasteiger partial charge < -0.3 is 18.8 Å². The lowest BCUT2D eigenvalue weighted by Gasteiger charge is -2.34. The summed E-state index contributed by atoms with van der Waals surface area (Å²) in [5.74, 6) is 1.45. The molecule has 1 amide bonds. The van der Waals surface area contributed by atoms with Gasteiger partial charge in [-0.05, 0) is 101 Å². The van der Waals surface area contributed by atoms with E-state index < -0.39 is 10.1 Å². The van der Waals surface area contributed by atoms with E-state index in [0.717, 1.165) is 66.8 Å². The summed E-state index contributed by atoms with van der Waals surface area (Å²) < 4.78 is 40.6. The van der Waals surface area contributed by atoms with E-state index >= 15 is 4.79 Å². The molecule has 0 bridgehead atoms. The number of amides is 1. The first-order chi connectivity index (χ1) is 28.0. The molecule has 1 aliphatic rings. The van der Waals surface area contributed by atoms with Crippen LogP contribution in [0.25, 0.3) is 44.3 Å². The number of aromatic nitrogens is 7. The molecular weight excluding hydrogens is 811 g/mol. The summed E-state index contributed by atoms with van der Waals surface area (Å²) in [7, 11) is 0.105. The van der Waals surface area contributed by atoms with Crippen molar-refractivity contribution in [2.75, 3.05) is 24.3 Å². The molecule has 1 aliphatic heterocycles. The third-order valence-corrected chi connectivity index (χ3v) is 12.3. The molecule has 7 aromatic rings. The second-order valence-electron chi connectivity index (χ2n) is 15.4. The Hall–Kier alpha value is -5.28. The van der Waals surface area contributed by atoms with Crippen molar-refractivity contribution in [2.45, 2.75) is 60.1 Å². The quantitative estimate of drug-likeness (QED) is 0.0925. The standard InChI is InChI=1S/C43H44Cl2N8O5S/c1-23-16-29(17-24(2)39(23)45)57-15-9-10-30-31-12-13-33(44)38(37-26(4)47-36(48-27(37)5)21-58-59(8,55)56)40(31)53-25(3)19-52(43(54)41(30)53)35-20-50(6)34-14-11-28(18-32(34)35)42-46-22-51(7)49-42/h11-14,16-18,20,22,25H,9-10,15,19,21H2,1-8H3. The highest BCUT2D eigenvalue weighted by molar-refractivity contribution is 7.85. The maximum absolute atomic E-state index is 15.3.